The third kappa shape index (κ3) is 3.97. The number of hydrogen-bond donors (Lipinski definition) is 1. The highest BCUT2D eigenvalue weighted by Crippen LogP contribution is 2.33. The third-order valence-electron chi connectivity index (χ3n) is 4.62. The molecule has 118 valence electrons. The zero-order valence-electron chi connectivity index (χ0n) is 13.7. The van der Waals surface area contributed by atoms with Gasteiger partial charge in [0.15, 0.2) is 0 Å². The zero-order valence-corrected chi connectivity index (χ0v) is 13.7. The van der Waals surface area contributed by atoms with Gasteiger partial charge in [-0.3, -0.25) is 0 Å². The van der Waals surface area contributed by atoms with Crippen LogP contribution in [0.1, 0.15) is 58.1 Å². The van der Waals surface area contributed by atoms with Crippen molar-refractivity contribution >= 4 is 5.69 Å². The highest BCUT2D eigenvalue weighted by molar-refractivity contribution is 5.56. The van der Waals surface area contributed by atoms with Gasteiger partial charge in [-0.1, -0.05) is 38.8 Å². The second-order valence-electron chi connectivity index (χ2n) is 6.18. The fourth-order valence-corrected chi connectivity index (χ4v) is 3.48. The minimum absolute atomic E-state index is 0.0776. The largest absolute Gasteiger partial charge is 0.369 e. The molecule has 1 aromatic carbocycles. The van der Waals surface area contributed by atoms with Crippen LogP contribution in [0.4, 0.5) is 10.1 Å². The Bertz CT molecular complexity index is 439. The van der Waals surface area contributed by atoms with E-state index in [-0.39, 0.29) is 11.9 Å². The molecule has 0 aromatic heterocycles. The van der Waals surface area contributed by atoms with E-state index in [4.69, 9.17) is 0 Å². The van der Waals surface area contributed by atoms with E-state index in [1.165, 1.54) is 25.7 Å². The fourth-order valence-electron chi connectivity index (χ4n) is 3.48. The van der Waals surface area contributed by atoms with E-state index < -0.39 is 0 Å². The van der Waals surface area contributed by atoms with Crippen LogP contribution < -0.4 is 10.2 Å². The maximum atomic E-state index is 14.4. The Labute approximate surface area is 128 Å². The number of para-hydroxylation sites is 1. The van der Waals surface area contributed by atoms with Gasteiger partial charge in [0, 0.05) is 19.1 Å². The maximum absolute atomic E-state index is 14.4. The molecule has 3 heteroatoms. The van der Waals surface area contributed by atoms with Crippen LogP contribution in [-0.2, 0) is 0 Å². The molecule has 1 atom stereocenters. The summed E-state index contributed by atoms with van der Waals surface area (Å²) in [6, 6.07) is 5.67. The Balaban J connectivity index is 2.16. The normalized spacial score (nSPS) is 18.0. The number of hydrogen-bond acceptors (Lipinski definition) is 2. The van der Waals surface area contributed by atoms with E-state index in [0.29, 0.717) is 0 Å². The predicted octanol–water partition coefficient (Wildman–Crippen LogP) is 4.51. The van der Waals surface area contributed by atoms with Crippen molar-refractivity contribution in [3.63, 3.8) is 0 Å². The second-order valence-corrected chi connectivity index (χ2v) is 6.18. The second kappa shape index (κ2) is 7.79. The lowest BCUT2D eigenvalue weighted by Gasteiger charge is -2.35. The van der Waals surface area contributed by atoms with Crippen molar-refractivity contribution in [2.75, 3.05) is 24.5 Å². The van der Waals surface area contributed by atoms with Gasteiger partial charge in [-0.05, 0) is 43.9 Å². The molecule has 1 heterocycles. The molecule has 0 radical (unpaired) electrons. The molecule has 0 bridgehead atoms. The molecule has 1 aromatic rings. The number of piperidine rings is 1. The van der Waals surface area contributed by atoms with Crippen molar-refractivity contribution < 1.29 is 4.39 Å². The maximum Gasteiger partial charge on any atom is 0.146 e. The molecule has 1 fully saturated rings. The Hall–Kier alpha value is -1.09. The van der Waals surface area contributed by atoms with Gasteiger partial charge in [0.2, 0.25) is 0 Å². The van der Waals surface area contributed by atoms with Crippen LogP contribution in [-0.4, -0.2) is 19.6 Å². The van der Waals surface area contributed by atoms with Crippen molar-refractivity contribution in [2.45, 2.75) is 52.5 Å². The van der Waals surface area contributed by atoms with Crippen LogP contribution in [0.5, 0.6) is 0 Å². The monoisotopic (exact) mass is 292 g/mol. The highest BCUT2D eigenvalue weighted by Gasteiger charge is 2.24. The SMILES string of the molecule is CCCC1CCN(c2c(F)cccc2C(C)NCC)CC1. The van der Waals surface area contributed by atoms with Crippen molar-refractivity contribution in [1.82, 2.24) is 5.32 Å². The summed E-state index contributed by atoms with van der Waals surface area (Å²) in [5, 5.41) is 3.40. The van der Waals surface area contributed by atoms with Crippen LogP contribution in [0.15, 0.2) is 18.2 Å². The number of benzene rings is 1. The summed E-state index contributed by atoms with van der Waals surface area (Å²) in [4.78, 5) is 2.25. The first kappa shape index (κ1) is 16.3. The van der Waals surface area contributed by atoms with E-state index in [1.807, 2.05) is 6.07 Å². The van der Waals surface area contributed by atoms with E-state index >= 15 is 0 Å². The quantitative estimate of drug-likeness (QED) is 0.829. The summed E-state index contributed by atoms with van der Waals surface area (Å²) < 4.78 is 14.4. The molecule has 1 unspecified atom stereocenters. The molecular formula is C18H29FN2. The summed E-state index contributed by atoms with van der Waals surface area (Å²) >= 11 is 0. The lowest BCUT2D eigenvalue weighted by Crippen LogP contribution is -2.35. The van der Waals surface area contributed by atoms with Gasteiger partial charge in [-0.25, -0.2) is 4.39 Å². The van der Waals surface area contributed by atoms with Crippen LogP contribution in [0, 0.1) is 11.7 Å². The first-order valence-electron chi connectivity index (χ1n) is 8.44. The van der Waals surface area contributed by atoms with Crippen molar-refractivity contribution in [3.8, 4) is 0 Å². The van der Waals surface area contributed by atoms with Gasteiger partial charge >= 0.3 is 0 Å². The molecule has 0 aliphatic carbocycles. The molecule has 1 aliphatic heterocycles. The third-order valence-corrected chi connectivity index (χ3v) is 4.62. The average Bonchev–Trinajstić information content (AvgIpc) is 2.48. The van der Waals surface area contributed by atoms with Crippen LogP contribution in [0.3, 0.4) is 0 Å². The van der Waals surface area contributed by atoms with Gasteiger partial charge in [0.05, 0.1) is 5.69 Å². The molecule has 1 aliphatic rings. The van der Waals surface area contributed by atoms with E-state index in [0.717, 1.165) is 36.8 Å². The Morgan fingerprint density at radius 3 is 2.62 bits per heavy atom. The number of nitrogens with one attached hydrogen (secondary N) is 1. The minimum atomic E-state index is -0.0776. The summed E-state index contributed by atoms with van der Waals surface area (Å²) in [5.41, 5.74) is 1.91. The van der Waals surface area contributed by atoms with Crippen LogP contribution in [0.2, 0.25) is 0 Å². The predicted molar refractivity (Wildman–Crippen MR) is 88.3 cm³/mol. The number of nitrogens with zero attached hydrogens (tertiary/aromatic N) is 1. The van der Waals surface area contributed by atoms with E-state index in [2.05, 4.69) is 37.1 Å². The van der Waals surface area contributed by atoms with Crippen LogP contribution in [0.25, 0.3) is 0 Å². The van der Waals surface area contributed by atoms with Gasteiger partial charge in [0.25, 0.3) is 0 Å². The summed E-state index contributed by atoms with van der Waals surface area (Å²) in [6.07, 6.45) is 4.95. The fraction of sp³-hybridized carbons (Fsp3) is 0.667. The Morgan fingerprint density at radius 1 is 1.29 bits per heavy atom. The molecule has 2 rings (SSSR count). The Kier molecular flexibility index (Phi) is 6.04. The average molecular weight is 292 g/mol. The molecule has 1 N–H and O–H groups in total. The van der Waals surface area contributed by atoms with Gasteiger partial charge < -0.3 is 10.2 Å². The molecule has 0 amide bonds. The lowest BCUT2D eigenvalue weighted by molar-refractivity contribution is 0.375. The number of halogens is 1. The smallest absolute Gasteiger partial charge is 0.146 e. The lowest BCUT2D eigenvalue weighted by atomic mass is 9.91. The molecular weight excluding hydrogens is 263 g/mol. The van der Waals surface area contributed by atoms with Gasteiger partial charge in [-0.15, -0.1) is 0 Å². The Morgan fingerprint density at radius 2 is 2.00 bits per heavy atom. The van der Waals surface area contributed by atoms with Gasteiger partial charge in [0.1, 0.15) is 5.82 Å². The van der Waals surface area contributed by atoms with Gasteiger partial charge in [-0.2, -0.15) is 0 Å². The highest BCUT2D eigenvalue weighted by atomic mass is 19.1. The van der Waals surface area contributed by atoms with Crippen molar-refractivity contribution in [2.24, 2.45) is 5.92 Å². The summed E-state index contributed by atoms with van der Waals surface area (Å²) in [7, 11) is 0. The van der Waals surface area contributed by atoms with Crippen LogP contribution >= 0.6 is 0 Å². The van der Waals surface area contributed by atoms with E-state index in [9.17, 15) is 4.39 Å². The van der Waals surface area contributed by atoms with Crippen molar-refractivity contribution in [1.29, 1.82) is 0 Å². The molecule has 1 saturated heterocycles. The minimum Gasteiger partial charge on any atom is -0.369 e. The topological polar surface area (TPSA) is 15.3 Å². The number of anilines is 1. The summed E-state index contributed by atoms with van der Waals surface area (Å²) in [5.74, 6) is 0.749. The molecule has 2 nitrogen and oxygen atoms in total. The molecule has 21 heavy (non-hydrogen) atoms. The standard InChI is InChI=1S/C18H29FN2/c1-4-7-15-10-12-21(13-11-15)18-16(14(3)20-5-2)8-6-9-17(18)19/h6,8-9,14-15,20H,4-5,7,10-13H2,1-3H3. The van der Waals surface area contributed by atoms with Crippen molar-refractivity contribution in [3.05, 3.63) is 29.6 Å². The molecule has 0 saturated carbocycles. The first-order chi connectivity index (χ1) is 10.2. The first-order valence-corrected chi connectivity index (χ1v) is 8.44. The van der Waals surface area contributed by atoms with E-state index in [1.54, 1.807) is 6.07 Å². The zero-order chi connectivity index (χ0) is 15.2. The number of rotatable bonds is 6. The summed E-state index contributed by atoms with van der Waals surface area (Å²) in [6.45, 7) is 9.32. The molecule has 0 spiro atoms.